The quantitative estimate of drug-likeness (QED) is 0.671. The second-order valence-corrected chi connectivity index (χ2v) is 10.5. The Morgan fingerprint density at radius 3 is 2.44 bits per heavy atom. The van der Waals surface area contributed by atoms with E-state index >= 15 is 0 Å². The van der Waals surface area contributed by atoms with Crippen molar-refractivity contribution in [2.45, 2.75) is 39.4 Å². The number of hydrogen-bond donors (Lipinski definition) is 1. The summed E-state index contributed by atoms with van der Waals surface area (Å²) >= 11 is 0. The molecule has 182 valence electrons. The summed E-state index contributed by atoms with van der Waals surface area (Å²) in [6, 6.07) is 10.6. The van der Waals surface area contributed by atoms with Crippen LogP contribution >= 0.6 is 0 Å². The lowest BCUT2D eigenvalue weighted by atomic mass is 10.0. The number of likely N-dealkylation sites (tertiary alicyclic amines) is 2. The van der Waals surface area contributed by atoms with Gasteiger partial charge in [0.25, 0.3) is 0 Å². The molecule has 8 heteroatoms. The molecule has 0 spiro atoms. The summed E-state index contributed by atoms with van der Waals surface area (Å²) in [5.41, 5.74) is 2.54. The van der Waals surface area contributed by atoms with Gasteiger partial charge in [0.05, 0.1) is 12.1 Å². The van der Waals surface area contributed by atoms with Crippen LogP contribution in [0.2, 0.25) is 0 Å². The SMILES string of the molecule is CC(Nc1nccc(N2C(=O)OCC2C(C)C)n1)c1ccc(CN2CC3CN(C)CC3C2)cc1. The van der Waals surface area contributed by atoms with Crippen LogP contribution in [0, 0.1) is 17.8 Å². The largest absolute Gasteiger partial charge is 0.447 e. The summed E-state index contributed by atoms with van der Waals surface area (Å²) < 4.78 is 5.27. The predicted molar refractivity (Wildman–Crippen MR) is 133 cm³/mol. The second kappa shape index (κ2) is 9.50. The number of nitrogens with one attached hydrogen (secondary N) is 1. The van der Waals surface area contributed by atoms with Crippen LogP contribution in [0.4, 0.5) is 16.6 Å². The molecule has 3 aliphatic heterocycles. The van der Waals surface area contributed by atoms with Crippen molar-refractivity contribution >= 4 is 17.9 Å². The molecule has 1 aromatic heterocycles. The number of cyclic esters (lactones) is 1. The van der Waals surface area contributed by atoms with Crippen LogP contribution in [0.3, 0.4) is 0 Å². The van der Waals surface area contributed by atoms with Crippen molar-refractivity contribution in [3.63, 3.8) is 0 Å². The molecule has 0 bridgehead atoms. The smallest absolute Gasteiger partial charge is 0.415 e. The molecular weight excluding hydrogens is 428 g/mol. The van der Waals surface area contributed by atoms with E-state index in [1.54, 1.807) is 17.2 Å². The number of rotatable bonds is 7. The van der Waals surface area contributed by atoms with Crippen molar-refractivity contribution in [2.75, 3.05) is 50.1 Å². The molecule has 2 aromatic rings. The van der Waals surface area contributed by atoms with E-state index in [0.717, 1.165) is 18.4 Å². The number of aromatic nitrogens is 2. The molecular formula is C26H36N6O2. The van der Waals surface area contributed by atoms with Crippen molar-refractivity contribution in [3.05, 3.63) is 47.7 Å². The van der Waals surface area contributed by atoms with Gasteiger partial charge in [-0.15, -0.1) is 0 Å². The molecule has 0 saturated carbocycles. The van der Waals surface area contributed by atoms with Gasteiger partial charge in [0.1, 0.15) is 12.4 Å². The van der Waals surface area contributed by atoms with E-state index in [1.165, 1.54) is 37.3 Å². The van der Waals surface area contributed by atoms with Crippen LogP contribution in [-0.4, -0.2) is 71.7 Å². The Morgan fingerprint density at radius 2 is 1.76 bits per heavy atom. The van der Waals surface area contributed by atoms with Crippen LogP contribution in [0.15, 0.2) is 36.5 Å². The van der Waals surface area contributed by atoms with Gasteiger partial charge in [-0.3, -0.25) is 9.80 Å². The fourth-order valence-corrected chi connectivity index (χ4v) is 5.64. The molecule has 5 rings (SSSR count). The number of anilines is 2. The molecule has 4 unspecified atom stereocenters. The highest BCUT2D eigenvalue weighted by molar-refractivity contribution is 5.89. The van der Waals surface area contributed by atoms with Gasteiger partial charge in [0, 0.05) is 38.9 Å². The summed E-state index contributed by atoms with van der Waals surface area (Å²) in [5, 5.41) is 3.39. The van der Waals surface area contributed by atoms with Crippen molar-refractivity contribution in [1.29, 1.82) is 0 Å². The van der Waals surface area contributed by atoms with Gasteiger partial charge in [0.2, 0.25) is 5.95 Å². The third kappa shape index (κ3) is 4.74. The van der Waals surface area contributed by atoms with E-state index in [9.17, 15) is 4.79 Å². The molecule has 34 heavy (non-hydrogen) atoms. The van der Waals surface area contributed by atoms with Crippen molar-refractivity contribution in [2.24, 2.45) is 17.8 Å². The number of hydrogen-bond acceptors (Lipinski definition) is 7. The van der Waals surface area contributed by atoms with Gasteiger partial charge in [0.15, 0.2) is 0 Å². The molecule has 4 atom stereocenters. The first kappa shape index (κ1) is 23.1. The van der Waals surface area contributed by atoms with Gasteiger partial charge in [-0.1, -0.05) is 38.1 Å². The lowest BCUT2D eigenvalue weighted by molar-refractivity contribution is 0.177. The van der Waals surface area contributed by atoms with E-state index < -0.39 is 0 Å². The summed E-state index contributed by atoms with van der Waals surface area (Å²) in [5.74, 6) is 3.02. The topological polar surface area (TPSA) is 73.8 Å². The zero-order valence-corrected chi connectivity index (χ0v) is 20.6. The zero-order valence-electron chi connectivity index (χ0n) is 20.6. The molecule has 3 aliphatic rings. The highest BCUT2D eigenvalue weighted by atomic mass is 16.6. The highest BCUT2D eigenvalue weighted by Crippen LogP contribution is 2.31. The Balaban J connectivity index is 1.20. The summed E-state index contributed by atoms with van der Waals surface area (Å²) in [4.78, 5) is 28.0. The Kier molecular flexibility index (Phi) is 6.44. The van der Waals surface area contributed by atoms with E-state index in [-0.39, 0.29) is 24.1 Å². The molecule has 1 N–H and O–H groups in total. The standard InChI is InChI=1S/C26H36N6O2/c1-17(2)23-16-34-26(33)32(23)24-9-10-27-25(29-24)28-18(3)20-7-5-19(6-8-20)11-31-14-21-12-30(4)13-22(21)15-31/h5-10,17-18,21-23H,11-16H2,1-4H3,(H,27,28,29). The number of carbonyl (C=O) groups is 1. The monoisotopic (exact) mass is 464 g/mol. The van der Waals surface area contributed by atoms with Gasteiger partial charge in [-0.05, 0) is 48.9 Å². The number of carbonyl (C=O) groups excluding carboxylic acids is 1. The molecule has 8 nitrogen and oxygen atoms in total. The molecule has 4 heterocycles. The number of ether oxygens (including phenoxy) is 1. The highest BCUT2D eigenvalue weighted by Gasteiger charge is 2.38. The van der Waals surface area contributed by atoms with Crippen LogP contribution in [0.25, 0.3) is 0 Å². The van der Waals surface area contributed by atoms with E-state index in [1.807, 2.05) is 0 Å². The number of fused-ring (bicyclic) bond motifs is 1. The molecule has 0 aliphatic carbocycles. The number of amides is 1. The van der Waals surface area contributed by atoms with Gasteiger partial charge in [-0.2, -0.15) is 4.98 Å². The Hall–Kier alpha value is -2.71. The minimum Gasteiger partial charge on any atom is -0.447 e. The predicted octanol–water partition coefficient (Wildman–Crippen LogP) is 3.62. The average molecular weight is 465 g/mol. The van der Waals surface area contributed by atoms with E-state index in [2.05, 4.69) is 77.2 Å². The Labute approximate surface area is 202 Å². The van der Waals surface area contributed by atoms with Crippen molar-refractivity contribution in [3.8, 4) is 0 Å². The van der Waals surface area contributed by atoms with Gasteiger partial charge < -0.3 is 15.0 Å². The molecule has 3 saturated heterocycles. The first-order valence-corrected chi connectivity index (χ1v) is 12.4. The number of benzene rings is 1. The number of nitrogens with zero attached hydrogens (tertiary/aromatic N) is 5. The van der Waals surface area contributed by atoms with Crippen LogP contribution in [0.1, 0.15) is 37.9 Å². The van der Waals surface area contributed by atoms with Crippen LogP contribution in [0.5, 0.6) is 0 Å². The van der Waals surface area contributed by atoms with Gasteiger partial charge >= 0.3 is 6.09 Å². The lowest BCUT2D eigenvalue weighted by Gasteiger charge is -2.24. The van der Waals surface area contributed by atoms with Crippen LogP contribution in [-0.2, 0) is 11.3 Å². The normalized spacial score (nSPS) is 26.2. The third-order valence-electron chi connectivity index (χ3n) is 7.54. The minimum absolute atomic E-state index is 0.0173. The Morgan fingerprint density at radius 1 is 1.06 bits per heavy atom. The fraction of sp³-hybridized carbons (Fsp3) is 0.577. The maximum Gasteiger partial charge on any atom is 0.415 e. The molecule has 1 amide bonds. The third-order valence-corrected chi connectivity index (χ3v) is 7.54. The minimum atomic E-state index is -0.347. The average Bonchev–Trinajstić information content (AvgIpc) is 3.46. The maximum atomic E-state index is 12.3. The van der Waals surface area contributed by atoms with E-state index in [0.29, 0.717) is 18.4 Å². The van der Waals surface area contributed by atoms with Crippen molar-refractivity contribution in [1.82, 2.24) is 19.8 Å². The zero-order chi connectivity index (χ0) is 23.8. The lowest BCUT2D eigenvalue weighted by Crippen LogP contribution is -2.37. The van der Waals surface area contributed by atoms with Crippen LogP contribution < -0.4 is 10.2 Å². The first-order chi connectivity index (χ1) is 16.4. The summed E-state index contributed by atoms with van der Waals surface area (Å²) in [6.45, 7) is 12.6. The molecule has 0 radical (unpaired) electrons. The first-order valence-electron chi connectivity index (χ1n) is 12.4. The molecule has 3 fully saturated rings. The molecule has 1 aromatic carbocycles. The van der Waals surface area contributed by atoms with E-state index in [4.69, 9.17) is 4.74 Å². The fourth-order valence-electron chi connectivity index (χ4n) is 5.64. The summed E-state index contributed by atoms with van der Waals surface area (Å²) in [6.07, 6.45) is 1.34. The second-order valence-electron chi connectivity index (χ2n) is 10.5. The van der Waals surface area contributed by atoms with Gasteiger partial charge in [-0.25, -0.2) is 9.78 Å². The van der Waals surface area contributed by atoms with Crippen molar-refractivity contribution < 1.29 is 9.53 Å². The maximum absolute atomic E-state index is 12.3. The summed E-state index contributed by atoms with van der Waals surface area (Å²) in [7, 11) is 2.24. The Bertz CT molecular complexity index is 999.